The molecule has 1 aromatic carbocycles. The normalized spacial score (nSPS) is 12.8. The van der Waals surface area contributed by atoms with Crippen molar-refractivity contribution in [3.8, 4) is 0 Å². The standard InChI is InChI=1S/C15H18N2O3S2/c1-3-11(2)17-22(19,20)13-9-14(21-10-13)15(18)16-12-7-5-4-6-8-12/h4-11,17H,3H2,1-2H3,(H,16,18)/t11-/m1/s1. The van der Waals surface area contributed by atoms with Crippen molar-refractivity contribution in [1.29, 1.82) is 0 Å². The molecule has 2 aromatic rings. The van der Waals surface area contributed by atoms with E-state index in [1.165, 1.54) is 11.4 Å². The molecule has 0 aliphatic heterocycles. The summed E-state index contributed by atoms with van der Waals surface area (Å²) in [6.45, 7) is 3.70. The molecule has 2 N–H and O–H groups in total. The Balaban J connectivity index is 2.12. The third kappa shape index (κ3) is 4.16. The molecule has 0 saturated heterocycles. The fraction of sp³-hybridized carbons (Fsp3) is 0.267. The van der Waals surface area contributed by atoms with Crippen LogP contribution < -0.4 is 10.0 Å². The summed E-state index contributed by atoms with van der Waals surface area (Å²) in [7, 11) is -3.58. The largest absolute Gasteiger partial charge is 0.321 e. The molecule has 0 bridgehead atoms. The first-order valence-electron chi connectivity index (χ1n) is 6.89. The summed E-state index contributed by atoms with van der Waals surface area (Å²) in [5.41, 5.74) is 0.669. The Hall–Kier alpha value is -1.70. The molecule has 1 aromatic heterocycles. The fourth-order valence-electron chi connectivity index (χ4n) is 1.71. The second-order valence-corrected chi connectivity index (χ2v) is 7.52. The molecule has 0 aliphatic carbocycles. The van der Waals surface area contributed by atoms with Gasteiger partial charge in [0.2, 0.25) is 10.0 Å². The van der Waals surface area contributed by atoms with E-state index in [1.807, 2.05) is 25.1 Å². The van der Waals surface area contributed by atoms with Crippen LogP contribution >= 0.6 is 11.3 Å². The van der Waals surface area contributed by atoms with E-state index in [1.54, 1.807) is 19.1 Å². The average molecular weight is 338 g/mol. The second kappa shape index (κ2) is 7.04. The van der Waals surface area contributed by atoms with Crippen molar-refractivity contribution in [1.82, 2.24) is 4.72 Å². The Kier molecular flexibility index (Phi) is 5.33. The third-order valence-corrected chi connectivity index (χ3v) is 5.76. The van der Waals surface area contributed by atoms with E-state index in [0.29, 0.717) is 17.0 Å². The molecule has 1 atom stereocenters. The van der Waals surface area contributed by atoms with Crippen molar-refractivity contribution < 1.29 is 13.2 Å². The Labute approximate surface area is 134 Å². The van der Waals surface area contributed by atoms with Gasteiger partial charge in [0.15, 0.2) is 0 Å². The van der Waals surface area contributed by atoms with Crippen LogP contribution in [0.5, 0.6) is 0 Å². The third-order valence-electron chi connectivity index (χ3n) is 3.11. The molecule has 0 fully saturated rings. The van der Waals surface area contributed by atoms with Crippen LogP contribution in [0.4, 0.5) is 5.69 Å². The average Bonchev–Trinajstić information content (AvgIpc) is 2.98. The van der Waals surface area contributed by atoms with Crippen LogP contribution in [0.15, 0.2) is 46.7 Å². The number of benzene rings is 1. The van der Waals surface area contributed by atoms with Crippen LogP contribution in [0.1, 0.15) is 29.9 Å². The zero-order chi connectivity index (χ0) is 16.2. The number of para-hydroxylation sites is 1. The summed E-state index contributed by atoms with van der Waals surface area (Å²) in [6.07, 6.45) is 0.699. The number of hydrogen-bond donors (Lipinski definition) is 2. The van der Waals surface area contributed by atoms with E-state index in [9.17, 15) is 13.2 Å². The molecule has 1 amide bonds. The SMILES string of the molecule is CC[C@@H](C)NS(=O)(=O)c1csc(C(=O)Nc2ccccc2)c1. The lowest BCUT2D eigenvalue weighted by atomic mass is 10.3. The molecular weight excluding hydrogens is 320 g/mol. The number of nitrogens with one attached hydrogen (secondary N) is 2. The highest BCUT2D eigenvalue weighted by molar-refractivity contribution is 7.89. The highest BCUT2D eigenvalue weighted by Gasteiger charge is 2.20. The Morgan fingerprint density at radius 1 is 1.27 bits per heavy atom. The van der Waals surface area contributed by atoms with Crippen LogP contribution in [0.3, 0.4) is 0 Å². The van der Waals surface area contributed by atoms with Gasteiger partial charge >= 0.3 is 0 Å². The Bertz CT molecular complexity index is 739. The van der Waals surface area contributed by atoms with E-state index in [-0.39, 0.29) is 16.8 Å². The number of carbonyl (C=O) groups is 1. The number of carbonyl (C=O) groups excluding carboxylic acids is 1. The van der Waals surface area contributed by atoms with Crippen LogP contribution in [0.2, 0.25) is 0 Å². The van der Waals surface area contributed by atoms with Crippen LogP contribution in [0, 0.1) is 0 Å². The lowest BCUT2D eigenvalue weighted by Crippen LogP contribution is -2.31. The van der Waals surface area contributed by atoms with Crippen LogP contribution in [-0.2, 0) is 10.0 Å². The number of hydrogen-bond acceptors (Lipinski definition) is 4. The zero-order valence-electron chi connectivity index (χ0n) is 12.4. The predicted octanol–water partition coefficient (Wildman–Crippen LogP) is 3.08. The van der Waals surface area contributed by atoms with Gasteiger partial charge in [0.05, 0.1) is 9.77 Å². The van der Waals surface area contributed by atoms with Gasteiger partial charge in [-0.1, -0.05) is 25.1 Å². The maximum absolute atomic E-state index is 12.2. The Morgan fingerprint density at radius 2 is 1.95 bits per heavy atom. The highest BCUT2D eigenvalue weighted by atomic mass is 32.2. The minimum absolute atomic E-state index is 0.121. The van der Waals surface area contributed by atoms with Crippen molar-refractivity contribution in [3.05, 3.63) is 46.7 Å². The molecule has 2 rings (SSSR count). The number of rotatable bonds is 6. The number of anilines is 1. The molecule has 5 nitrogen and oxygen atoms in total. The molecule has 22 heavy (non-hydrogen) atoms. The summed E-state index contributed by atoms with van der Waals surface area (Å²) in [5, 5.41) is 4.21. The molecule has 0 aliphatic rings. The quantitative estimate of drug-likeness (QED) is 0.850. The van der Waals surface area contributed by atoms with Gasteiger partial charge in [0.25, 0.3) is 5.91 Å². The van der Waals surface area contributed by atoms with Gasteiger partial charge in [-0.15, -0.1) is 11.3 Å². The maximum Gasteiger partial charge on any atom is 0.265 e. The summed E-state index contributed by atoms with van der Waals surface area (Å²) >= 11 is 1.11. The second-order valence-electron chi connectivity index (χ2n) is 4.90. The van der Waals surface area contributed by atoms with Crippen molar-refractivity contribution in [2.45, 2.75) is 31.2 Å². The maximum atomic E-state index is 12.2. The minimum Gasteiger partial charge on any atom is -0.321 e. The first kappa shape index (κ1) is 16.7. The predicted molar refractivity (Wildman–Crippen MR) is 88.8 cm³/mol. The molecule has 1 heterocycles. The summed E-state index contributed by atoms with van der Waals surface area (Å²) in [5.74, 6) is -0.318. The van der Waals surface area contributed by atoms with E-state index in [0.717, 1.165) is 11.3 Å². The summed E-state index contributed by atoms with van der Waals surface area (Å²) in [4.78, 5) is 12.6. The van der Waals surface area contributed by atoms with E-state index in [2.05, 4.69) is 10.0 Å². The van der Waals surface area contributed by atoms with Gasteiger partial charge in [-0.3, -0.25) is 4.79 Å². The van der Waals surface area contributed by atoms with Gasteiger partial charge < -0.3 is 5.32 Å². The fourth-order valence-corrected chi connectivity index (χ4v) is 4.20. The molecule has 0 saturated carbocycles. The van der Waals surface area contributed by atoms with Gasteiger partial charge in [-0.2, -0.15) is 0 Å². The molecule has 0 spiro atoms. The van der Waals surface area contributed by atoms with E-state index >= 15 is 0 Å². The first-order valence-corrected chi connectivity index (χ1v) is 9.26. The van der Waals surface area contributed by atoms with Gasteiger partial charge in [-0.25, -0.2) is 13.1 Å². The van der Waals surface area contributed by atoms with Crippen molar-refractivity contribution in [3.63, 3.8) is 0 Å². The minimum atomic E-state index is -3.58. The zero-order valence-corrected chi connectivity index (χ0v) is 14.0. The summed E-state index contributed by atoms with van der Waals surface area (Å²) in [6, 6.07) is 10.3. The van der Waals surface area contributed by atoms with Crippen molar-refractivity contribution in [2.75, 3.05) is 5.32 Å². The molecule has 7 heteroatoms. The molecule has 118 valence electrons. The number of thiophene rings is 1. The van der Waals surface area contributed by atoms with Crippen molar-refractivity contribution in [2.24, 2.45) is 0 Å². The lowest BCUT2D eigenvalue weighted by Gasteiger charge is -2.10. The first-order chi connectivity index (χ1) is 10.4. The molecule has 0 unspecified atom stereocenters. The van der Waals surface area contributed by atoms with Crippen LogP contribution in [0.25, 0.3) is 0 Å². The van der Waals surface area contributed by atoms with Crippen LogP contribution in [-0.4, -0.2) is 20.4 Å². The Morgan fingerprint density at radius 3 is 2.59 bits per heavy atom. The van der Waals surface area contributed by atoms with E-state index < -0.39 is 10.0 Å². The molecule has 0 radical (unpaired) electrons. The topological polar surface area (TPSA) is 75.3 Å². The highest BCUT2D eigenvalue weighted by Crippen LogP contribution is 2.21. The number of sulfonamides is 1. The number of amides is 1. The smallest absolute Gasteiger partial charge is 0.265 e. The van der Waals surface area contributed by atoms with Gasteiger partial charge in [0.1, 0.15) is 0 Å². The van der Waals surface area contributed by atoms with Gasteiger partial charge in [-0.05, 0) is 31.5 Å². The monoisotopic (exact) mass is 338 g/mol. The van der Waals surface area contributed by atoms with Crippen molar-refractivity contribution >= 4 is 33.0 Å². The summed E-state index contributed by atoms with van der Waals surface area (Å²) < 4.78 is 26.9. The van der Waals surface area contributed by atoms with Gasteiger partial charge in [0, 0.05) is 17.1 Å². The lowest BCUT2D eigenvalue weighted by molar-refractivity contribution is 0.103. The molecular formula is C15H18N2O3S2. The van der Waals surface area contributed by atoms with E-state index in [4.69, 9.17) is 0 Å².